The minimum atomic E-state index is -0.326. The third-order valence-electron chi connectivity index (χ3n) is 5.23. The summed E-state index contributed by atoms with van der Waals surface area (Å²) < 4.78 is 5.62. The maximum Gasteiger partial charge on any atom is 0.338 e. The van der Waals surface area contributed by atoms with Gasteiger partial charge in [0.1, 0.15) is 0 Å². The van der Waals surface area contributed by atoms with Crippen LogP contribution in [0.4, 0.5) is 5.69 Å². The molecule has 0 radical (unpaired) electrons. The van der Waals surface area contributed by atoms with E-state index in [2.05, 4.69) is 10.2 Å². The Labute approximate surface area is 196 Å². The van der Waals surface area contributed by atoms with Crippen LogP contribution in [0.1, 0.15) is 48.5 Å². The highest BCUT2D eigenvalue weighted by Gasteiger charge is 2.38. The molecule has 168 valence electrons. The Morgan fingerprint density at radius 2 is 2.12 bits per heavy atom. The molecule has 1 unspecified atom stereocenters. The number of hydrogen-bond donors (Lipinski definition) is 1. The number of hydrogen-bond acceptors (Lipinski definition) is 7. The Morgan fingerprint density at radius 1 is 1.28 bits per heavy atom. The predicted octanol–water partition coefficient (Wildman–Crippen LogP) is 5.32. The molecule has 1 amide bonds. The van der Waals surface area contributed by atoms with Gasteiger partial charge in [-0.05, 0) is 48.4 Å². The summed E-state index contributed by atoms with van der Waals surface area (Å²) in [5.74, 6) is 0.800. The largest absolute Gasteiger partial charge is 0.462 e. The number of thioether (sulfide) groups is 1. The molecule has 1 atom stereocenters. The molecule has 2 aromatic rings. The molecule has 2 aliphatic heterocycles. The van der Waals surface area contributed by atoms with E-state index in [0.717, 1.165) is 29.4 Å². The Kier molecular flexibility index (Phi) is 7.01. The van der Waals surface area contributed by atoms with Crippen molar-refractivity contribution in [3.05, 3.63) is 63.5 Å². The Morgan fingerprint density at radius 3 is 2.88 bits per heavy atom. The molecule has 6 nitrogen and oxygen atoms in total. The molecule has 1 aromatic heterocycles. The molecule has 0 saturated carbocycles. The second-order valence-electron chi connectivity index (χ2n) is 8.24. The summed E-state index contributed by atoms with van der Waals surface area (Å²) in [5.41, 5.74) is 2.89. The molecule has 3 heterocycles. The lowest BCUT2D eigenvalue weighted by molar-refractivity contribution is -0.140. The summed E-state index contributed by atoms with van der Waals surface area (Å²) in [5, 5.41) is 5.79. The van der Waals surface area contributed by atoms with Crippen LogP contribution in [-0.2, 0) is 9.53 Å². The Hall–Kier alpha value is -2.58. The van der Waals surface area contributed by atoms with Crippen LogP contribution in [0, 0.1) is 5.92 Å². The number of nitrogens with zero attached hydrogens (tertiary/aromatic N) is 2. The number of amides is 1. The number of aliphatic imine (C=N–C) groups is 1. The van der Waals surface area contributed by atoms with E-state index in [1.165, 1.54) is 11.3 Å². The number of carbonyl (C=O) groups excluding carboxylic acids is 2. The first-order valence-corrected chi connectivity index (χ1v) is 12.6. The summed E-state index contributed by atoms with van der Waals surface area (Å²) in [6.07, 6.45) is 1.02. The van der Waals surface area contributed by atoms with Gasteiger partial charge >= 0.3 is 5.97 Å². The van der Waals surface area contributed by atoms with Gasteiger partial charge in [0, 0.05) is 18.0 Å². The smallest absolute Gasteiger partial charge is 0.338 e. The van der Waals surface area contributed by atoms with Gasteiger partial charge in [0.15, 0.2) is 5.17 Å². The van der Waals surface area contributed by atoms with Crippen molar-refractivity contribution in [1.82, 2.24) is 4.90 Å². The van der Waals surface area contributed by atoms with E-state index in [-0.39, 0.29) is 23.8 Å². The number of benzene rings is 1. The molecule has 0 aliphatic carbocycles. The molecule has 0 bridgehead atoms. The molecule has 1 aromatic carbocycles. The molecule has 2 aliphatic rings. The van der Waals surface area contributed by atoms with Gasteiger partial charge in [-0.25, -0.2) is 9.79 Å². The van der Waals surface area contributed by atoms with Crippen molar-refractivity contribution < 1.29 is 14.3 Å². The molecule has 4 rings (SSSR count). The van der Waals surface area contributed by atoms with Crippen LogP contribution in [0.25, 0.3) is 0 Å². The number of anilines is 1. The highest BCUT2D eigenvalue weighted by molar-refractivity contribution is 8.13. The van der Waals surface area contributed by atoms with E-state index in [1.54, 1.807) is 17.8 Å². The van der Waals surface area contributed by atoms with E-state index in [4.69, 9.17) is 9.73 Å². The van der Waals surface area contributed by atoms with Gasteiger partial charge in [0.2, 0.25) is 0 Å². The average molecular weight is 470 g/mol. The highest BCUT2D eigenvalue weighted by Crippen LogP contribution is 2.40. The monoisotopic (exact) mass is 469 g/mol. The number of amidine groups is 1. The topological polar surface area (TPSA) is 71.0 Å². The first kappa shape index (κ1) is 22.6. The third kappa shape index (κ3) is 4.91. The van der Waals surface area contributed by atoms with Gasteiger partial charge in [-0.1, -0.05) is 43.8 Å². The summed E-state index contributed by atoms with van der Waals surface area (Å²) >= 11 is 3.12. The molecule has 32 heavy (non-hydrogen) atoms. The third-order valence-corrected chi connectivity index (χ3v) is 7.18. The molecule has 8 heteroatoms. The fourth-order valence-corrected chi connectivity index (χ4v) is 5.42. The van der Waals surface area contributed by atoms with Crippen LogP contribution in [0.5, 0.6) is 0 Å². The molecular formula is C24H27N3O3S2. The number of ether oxygens (including phenoxy) is 1. The molecule has 1 saturated heterocycles. The minimum Gasteiger partial charge on any atom is -0.462 e. The SMILES string of the molecule is CC1=C(C(=O)OCC(C)C)C(c2cccc(NC(=O)c3cccs3)c2)N2CCCSC2=N1. The summed E-state index contributed by atoms with van der Waals surface area (Å²) in [4.78, 5) is 33.3. The minimum absolute atomic E-state index is 0.139. The lowest BCUT2D eigenvalue weighted by Gasteiger charge is -2.40. The lowest BCUT2D eigenvalue weighted by Crippen LogP contribution is -2.42. The van der Waals surface area contributed by atoms with E-state index in [0.29, 0.717) is 28.4 Å². The normalized spacial score (nSPS) is 18.3. The fraction of sp³-hybridized carbons (Fsp3) is 0.375. The summed E-state index contributed by atoms with van der Waals surface area (Å²) in [6, 6.07) is 11.1. The fourth-order valence-electron chi connectivity index (χ4n) is 3.78. The van der Waals surface area contributed by atoms with Crippen LogP contribution in [0.3, 0.4) is 0 Å². The van der Waals surface area contributed by atoms with Crippen LogP contribution >= 0.6 is 23.1 Å². The first-order chi connectivity index (χ1) is 15.4. The first-order valence-electron chi connectivity index (χ1n) is 10.7. The van der Waals surface area contributed by atoms with Gasteiger partial charge in [-0.15, -0.1) is 11.3 Å². The maximum atomic E-state index is 13.1. The standard InChI is InChI=1S/C24H27N3O3S2/c1-15(2)14-30-23(29)20-16(3)25-24-27(10-6-12-32-24)21(20)17-7-4-8-18(13-17)26-22(28)19-9-5-11-31-19/h4-5,7-9,11,13,15,21H,6,10,12,14H2,1-3H3,(H,26,28). The Balaban J connectivity index is 1.67. The van der Waals surface area contributed by atoms with Gasteiger partial charge in [0.05, 0.1) is 28.8 Å². The molecule has 1 fully saturated rings. The zero-order valence-corrected chi connectivity index (χ0v) is 20.1. The van der Waals surface area contributed by atoms with E-state index in [1.807, 2.05) is 56.5 Å². The lowest BCUT2D eigenvalue weighted by atomic mass is 9.94. The molecule has 1 N–H and O–H groups in total. The van der Waals surface area contributed by atoms with Crippen molar-refractivity contribution in [3.8, 4) is 0 Å². The second kappa shape index (κ2) is 9.92. The van der Waals surface area contributed by atoms with Crippen LogP contribution in [0.2, 0.25) is 0 Å². The number of fused-ring (bicyclic) bond motifs is 1. The number of nitrogens with one attached hydrogen (secondary N) is 1. The van der Waals surface area contributed by atoms with Gasteiger partial charge in [-0.2, -0.15) is 0 Å². The zero-order valence-electron chi connectivity index (χ0n) is 18.5. The average Bonchev–Trinajstić information content (AvgIpc) is 3.32. The summed E-state index contributed by atoms with van der Waals surface area (Å²) in [7, 11) is 0. The summed E-state index contributed by atoms with van der Waals surface area (Å²) in [6.45, 7) is 7.09. The second-order valence-corrected chi connectivity index (χ2v) is 10.3. The van der Waals surface area contributed by atoms with Crippen LogP contribution in [0.15, 0.2) is 58.0 Å². The van der Waals surface area contributed by atoms with Crippen LogP contribution < -0.4 is 5.32 Å². The van der Waals surface area contributed by atoms with Gasteiger partial charge < -0.3 is 15.0 Å². The van der Waals surface area contributed by atoms with E-state index >= 15 is 0 Å². The van der Waals surface area contributed by atoms with Crippen molar-refractivity contribution in [2.75, 3.05) is 24.2 Å². The van der Waals surface area contributed by atoms with Gasteiger partial charge in [0.25, 0.3) is 5.91 Å². The predicted molar refractivity (Wildman–Crippen MR) is 131 cm³/mol. The van der Waals surface area contributed by atoms with E-state index in [9.17, 15) is 9.59 Å². The number of thiophene rings is 1. The van der Waals surface area contributed by atoms with Crippen molar-refractivity contribution in [2.24, 2.45) is 10.9 Å². The number of carbonyl (C=O) groups is 2. The number of allylic oxidation sites excluding steroid dienone is 1. The Bertz CT molecular complexity index is 1060. The van der Waals surface area contributed by atoms with Crippen LogP contribution in [-0.4, -0.2) is 40.8 Å². The molecular weight excluding hydrogens is 442 g/mol. The van der Waals surface area contributed by atoms with Crippen molar-refractivity contribution in [1.29, 1.82) is 0 Å². The maximum absolute atomic E-state index is 13.1. The molecule has 0 spiro atoms. The number of rotatable bonds is 6. The quantitative estimate of drug-likeness (QED) is 0.580. The van der Waals surface area contributed by atoms with Gasteiger partial charge in [-0.3, -0.25) is 4.79 Å². The van der Waals surface area contributed by atoms with Crippen molar-refractivity contribution >= 4 is 45.8 Å². The number of esters is 1. The van der Waals surface area contributed by atoms with Crippen molar-refractivity contribution in [3.63, 3.8) is 0 Å². The highest BCUT2D eigenvalue weighted by atomic mass is 32.2. The van der Waals surface area contributed by atoms with Crippen molar-refractivity contribution in [2.45, 2.75) is 33.2 Å². The van der Waals surface area contributed by atoms with E-state index < -0.39 is 0 Å². The zero-order chi connectivity index (χ0) is 22.7.